The van der Waals surface area contributed by atoms with E-state index < -0.39 is 24.2 Å². The Morgan fingerprint density at radius 1 is 1.54 bits per heavy atom. The fourth-order valence-corrected chi connectivity index (χ4v) is 1.47. The standard InChI is InChI=1S/C7H11F2NO3/c8-7(9)3-1-2-4(5(7)11)10-6(12)13/h4-5,10-11H,1-3H2,(H,12,13)/t4-,5+/m0/s1. The Balaban J connectivity index is 2.60. The van der Waals surface area contributed by atoms with Crippen LogP contribution in [0.4, 0.5) is 13.6 Å². The molecule has 3 N–H and O–H groups in total. The van der Waals surface area contributed by atoms with Crippen LogP contribution in [0.1, 0.15) is 19.3 Å². The minimum absolute atomic E-state index is 0.217. The van der Waals surface area contributed by atoms with E-state index >= 15 is 0 Å². The van der Waals surface area contributed by atoms with Crippen LogP contribution >= 0.6 is 0 Å². The minimum atomic E-state index is -3.18. The molecule has 1 fully saturated rings. The van der Waals surface area contributed by atoms with Crippen LogP contribution in [-0.2, 0) is 0 Å². The number of alkyl halides is 2. The fourth-order valence-electron chi connectivity index (χ4n) is 1.47. The summed E-state index contributed by atoms with van der Waals surface area (Å²) >= 11 is 0. The zero-order valence-corrected chi connectivity index (χ0v) is 6.83. The lowest BCUT2D eigenvalue weighted by Gasteiger charge is -2.34. The van der Waals surface area contributed by atoms with Gasteiger partial charge in [0.2, 0.25) is 0 Å². The molecule has 1 aliphatic rings. The summed E-state index contributed by atoms with van der Waals surface area (Å²) < 4.78 is 25.6. The molecule has 0 bridgehead atoms. The van der Waals surface area contributed by atoms with Gasteiger partial charge in [-0.2, -0.15) is 0 Å². The smallest absolute Gasteiger partial charge is 0.404 e. The second kappa shape index (κ2) is 3.45. The first-order valence-corrected chi connectivity index (χ1v) is 3.99. The summed E-state index contributed by atoms with van der Waals surface area (Å²) in [5.74, 6) is -3.18. The summed E-state index contributed by atoms with van der Waals surface area (Å²) in [5, 5.41) is 19.2. The average Bonchev–Trinajstić information content (AvgIpc) is 1.98. The van der Waals surface area contributed by atoms with E-state index in [0.717, 1.165) is 0 Å². The van der Waals surface area contributed by atoms with E-state index in [4.69, 9.17) is 10.2 Å². The van der Waals surface area contributed by atoms with Gasteiger partial charge in [0.05, 0.1) is 6.04 Å². The summed E-state index contributed by atoms with van der Waals surface area (Å²) in [4.78, 5) is 10.2. The van der Waals surface area contributed by atoms with E-state index in [9.17, 15) is 13.6 Å². The van der Waals surface area contributed by atoms with Crippen LogP contribution in [0.2, 0.25) is 0 Å². The van der Waals surface area contributed by atoms with Gasteiger partial charge in [-0.15, -0.1) is 0 Å². The molecule has 0 aromatic heterocycles. The first-order valence-electron chi connectivity index (χ1n) is 3.99. The third kappa shape index (κ3) is 2.27. The molecule has 1 rings (SSSR count). The molecule has 0 aromatic carbocycles. The Morgan fingerprint density at radius 3 is 2.69 bits per heavy atom. The highest BCUT2D eigenvalue weighted by molar-refractivity contribution is 5.65. The number of nitrogens with one attached hydrogen (secondary N) is 1. The maximum absolute atomic E-state index is 12.8. The first kappa shape index (κ1) is 10.2. The lowest BCUT2D eigenvalue weighted by molar-refractivity contribution is -0.142. The summed E-state index contributed by atoms with van der Waals surface area (Å²) in [6, 6.07) is -1.05. The predicted molar refractivity (Wildman–Crippen MR) is 39.8 cm³/mol. The lowest BCUT2D eigenvalue weighted by atomic mass is 9.89. The topological polar surface area (TPSA) is 69.6 Å². The number of aliphatic hydroxyl groups excluding tert-OH is 1. The van der Waals surface area contributed by atoms with E-state index in [2.05, 4.69) is 0 Å². The molecule has 0 aromatic rings. The molecule has 1 amide bonds. The van der Waals surface area contributed by atoms with E-state index in [-0.39, 0.29) is 19.3 Å². The van der Waals surface area contributed by atoms with Crippen LogP contribution in [0.15, 0.2) is 0 Å². The van der Waals surface area contributed by atoms with Crippen LogP contribution in [-0.4, -0.2) is 34.4 Å². The molecule has 13 heavy (non-hydrogen) atoms. The molecule has 0 spiro atoms. The molecular formula is C7H11F2NO3. The zero-order chi connectivity index (χ0) is 10.1. The zero-order valence-electron chi connectivity index (χ0n) is 6.83. The summed E-state index contributed by atoms with van der Waals surface area (Å²) in [7, 11) is 0. The first-order chi connectivity index (χ1) is 5.93. The number of halogens is 2. The molecule has 0 unspecified atom stereocenters. The summed E-state index contributed by atoms with van der Waals surface area (Å²) in [5.41, 5.74) is 0. The molecule has 76 valence electrons. The largest absolute Gasteiger partial charge is 0.465 e. The number of rotatable bonds is 1. The molecule has 1 aliphatic carbocycles. The van der Waals surface area contributed by atoms with Crippen LogP contribution in [0, 0.1) is 0 Å². The number of aliphatic hydroxyl groups is 1. The number of hydrogen-bond acceptors (Lipinski definition) is 2. The average molecular weight is 195 g/mol. The van der Waals surface area contributed by atoms with Crippen molar-refractivity contribution in [3.63, 3.8) is 0 Å². The number of hydrogen-bond donors (Lipinski definition) is 3. The van der Waals surface area contributed by atoms with Gasteiger partial charge in [-0.1, -0.05) is 0 Å². The van der Waals surface area contributed by atoms with Gasteiger partial charge < -0.3 is 15.5 Å². The van der Waals surface area contributed by atoms with Gasteiger partial charge >= 0.3 is 6.09 Å². The highest BCUT2D eigenvalue weighted by Gasteiger charge is 2.46. The Morgan fingerprint density at radius 2 is 2.15 bits per heavy atom. The SMILES string of the molecule is O=C(O)N[C@H]1CCCC(F)(F)[C@@H]1O. The molecule has 0 heterocycles. The Bertz CT molecular complexity index is 210. The number of carboxylic acid groups (broad SMARTS) is 1. The van der Waals surface area contributed by atoms with Crippen molar-refractivity contribution in [3.05, 3.63) is 0 Å². The number of carbonyl (C=O) groups is 1. The molecule has 6 heteroatoms. The fraction of sp³-hybridized carbons (Fsp3) is 0.857. The van der Waals surface area contributed by atoms with Gasteiger partial charge in [0.15, 0.2) is 0 Å². The van der Waals surface area contributed by atoms with Crippen molar-refractivity contribution in [2.75, 3.05) is 0 Å². The van der Waals surface area contributed by atoms with Crippen LogP contribution in [0.5, 0.6) is 0 Å². The van der Waals surface area contributed by atoms with Gasteiger partial charge in [-0.25, -0.2) is 13.6 Å². The predicted octanol–water partition coefficient (Wildman–Crippen LogP) is 0.803. The van der Waals surface area contributed by atoms with Crippen molar-refractivity contribution in [2.45, 2.75) is 37.3 Å². The van der Waals surface area contributed by atoms with Gasteiger partial charge in [0.25, 0.3) is 5.92 Å². The van der Waals surface area contributed by atoms with Crippen molar-refractivity contribution >= 4 is 6.09 Å². The monoisotopic (exact) mass is 195 g/mol. The lowest BCUT2D eigenvalue weighted by Crippen LogP contribution is -2.53. The van der Waals surface area contributed by atoms with E-state index in [0.29, 0.717) is 0 Å². The van der Waals surface area contributed by atoms with Gasteiger partial charge in [0.1, 0.15) is 6.10 Å². The Hall–Kier alpha value is -0.910. The number of amides is 1. The van der Waals surface area contributed by atoms with E-state index in [1.54, 1.807) is 0 Å². The van der Waals surface area contributed by atoms with Crippen LogP contribution in [0.25, 0.3) is 0 Å². The highest BCUT2D eigenvalue weighted by atomic mass is 19.3. The third-order valence-corrected chi connectivity index (χ3v) is 2.15. The van der Waals surface area contributed by atoms with E-state index in [1.165, 1.54) is 0 Å². The van der Waals surface area contributed by atoms with E-state index in [1.807, 2.05) is 5.32 Å². The van der Waals surface area contributed by atoms with Crippen molar-refractivity contribution < 1.29 is 23.8 Å². The molecule has 0 radical (unpaired) electrons. The second-order valence-electron chi connectivity index (χ2n) is 3.15. The van der Waals surface area contributed by atoms with Crippen molar-refractivity contribution in [1.29, 1.82) is 0 Å². The van der Waals surface area contributed by atoms with Crippen molar-refractivity contribution in [2.24, 2.45) is 0 Å². The van der Waals surface area contributed by atoms with Crippen molar-refractivity contribution in [3.8, 4) is 0 Å². The normalized spacial score (nSPS) is 32.5. The van der Waals surface area contributed by atoms with Crippen molar-refractivity contribution in [1.82, 2.24) is 5.32 Å². The maximum Gasteiger partial charge on any atom is 0.404 e. The molecular weight excluding hydrogens is 184 g/mol. The Kier molecular flexibility index (Phi) is 2.70. The highest BCUT2D eigenvalue weighted by Crippen LogP contribution is 2.33. The van der Waals surface area contributed by atoms with Crippen LogP contribution in [0.3, 0.4) is 0 Å². The third-order valence-electron chi connectivity index (χ3n) is 2.15. The molecule has 1 saturated carbocycles. The summed E-state index contributed by atoms with van der Waals surface area (Å²) in [6.07, 6.45) is -3.21. The molecule has 4 nitrogen and oxygen atoms in total. The maximum atomic E-state index is 12.8. The second-order valence-corrected chi connectivity index (χ2v) is 3.15. The molecule has 2 atom stereocenters. The minimum Gasteiger partial charge on any atom is -0.465 e. The summed E-state index contributed by atoms with van der Waals surface area (Å²) in [6.45, 7) is 0. The van der Waals surface area contributed by atoms with Gasteiger partial charge in [-0.05, 0) is 12.8 Å². The van der Waals surface area contributed by atoms with Gasteiger partial charge in [0, 0.05) is 6.42 Å². The van der Waals surface area contributed by atoms with Crippen LogP contribution < -0.4 is 5.32 Å². The quantitative estimate of drug-likeness (QED) is 0.579. The molecule has 0 saturated heterocycles. The molecule has 0 aliphatic heterocycles. The van der Waals surface area contributed by atoms with Gasteiger partial charge in [-0.3, -0.25) is 0 Å². The Labute approximate surface area is 73.6 Å².